The first-order chi connectivity index (χ1) is 10.4. The second-order valence-electron chi connectivity index (χ2n) is 4.31. The molecule has 3 aromatic rings. The summed E-state index contributed by atoms with van der Waals surface area (Å²) < 4.78 is 3.38. The van der Waals surface area contributed by atoms with Gasteiger partial charge < -0.3 is 4.57 Å². The molecule has 0 atom stereocenters. The fraction of sp³-hybridized carbons (Fsp3) is 0.0769. The molecular formula is C13H6Cl4N2OS2. The van der Waals surface area contributed by atoms with Crippen LogP contribution in [-0.4, -0.2) is 10.5 Å². The van der Waals surface area contributed by atoms with Crippen LogP contribution >= 0.6 is 69.1 Å². The lowest BCUT2D eigenvalue weighted by Crippen LogP contribution is -2.13. The fourth-order valence-electron chi connectivity index (χ4n) is 1.91. The molecule has 1 amide bonds. The van der Waals surface area contributed by atoms with Gasteiger partial charge in [-0.3, -0.25) is 4.79 Å². The molecule has 2 heterocycles. The van der Waals surface area contributed by atoms with Crippen LogP contribution in [0.15, 0.2) is 23.2 Å². The summed E-state index contributed by atoms with van der Waals surface area (Å²) in [6.07, 6.45) is 0. The highest BCUT2D eigenvalue weighted by atomic mass is 35.5. The minimum Gasteiger partial charge on any atom is -0.318 e. The molecular weight excluding hydrogens is 406 g/mol. The van der Waals surface area contributed by atoms with E-state index < -0.39 is 5.91 Å². The van der Waals surface area contributed by atoms with Gasteiger partial charge in [0, 0.05) is 7.05 Å². The lowest BCUT2D eigenvalue weighted by atomic mass is 10.3. The molecule has 0 saturated heterocycles. The Labute approximate surface area is 153 Å². The van der Waals surface area contributed by atoms with E-state index in [9.17, 15) is 4.79 Å². The smallest absolute Gasteiger partial charge is 0.282 e. The molecule has 0 saturated carbocycles. The third-order valence-corrected chi connectivity index (χ3v) is 6.32. The number of halogens is 4. The molecule has 0 aliphatic heterocycles. The van der Waals surface area contributed by atoms with Crippen molar-refractivity contribution < 1.29 is 4.79 Å². The van der Waals surface area contributed by atoms with Crippen LogP contribution in [0.2, 0.25) is 18.7 Å². The van der Waals surface area contributed by atoms with Gasteiger partial charge in [0.25, 0.3) is 5.91 Å². The Bertz CT molecular complexity index is 970. The van der Waals surface area contributed by atoms with Crippen LogP contribution in [0.25, 0.3) is 10.2 Å². The van der Waals surface area contributed by atoms with Crippen molar-refractivity contribution in [3.05, 3.63) is 47.3 Å². The second kappa shape index (κ2) is 6.15. The van der Waals surface area contributed by atoms with Gasteiger partial charge in [0.05, 0.1) is 30.2 Å². The predicted molar refractivity (Wildman–Crippen MR) is 95.0 cm³/mol. The standard InChI is InChI=1S/C13H6Cl4N2OS2/c1-19-10-7(3-2-6(14)9(10)16)21-13(19)18-12(20)5-4-8(15)22-11(5)17/h2-4H,1H3. The van der Waals surface area contributed by atoms with Gasteiger partial charge in [0.2, 0.25) is 0 Å². The summed E-state index contributed by atoms with van der Waals surface area (Å²) in [7, 11) is 1.77. The van der Waals surface area contributed by atoms with Crippen LogP contribution in [0, 0.1) is 0 Å². The summed E-state index contributed by atoms with van der Waals surface area (Å²) in [5, 5.41) is 0.886. The van der Waals surface area contributed by atoms with Crippen molar-refractivity contribution in [2.45, 2.75) is 0 Å². The van der Waals surface area contributed by atoms with E-state index in [1.54, 1.807) is 17.7 Å². The zero-order chi connectivity index (χ0) is 16.0. The highest BCUT2D eigenvalue weighted by Crippen LogP contribution is 2.33. The molecule has 3 nitrogen and oxygen atoms in total. The summed E-state index contributed by atoms with van der Waals surface area (Å²) in [6, 6.07) is 5.06. The number of hydrogen-bond acceptors (Lipinski definition) is 3. The molecule has 0 radical (unpaired) electrons. The summed E-state index contributed by atoms with van der Waals surface area (Å²) in [5.74, 6) is -0.447. The van der Waals surface area contributed by atoms with Crippen molar-refractivity contribution in [2.75, 3.05) is 0 Å². The molecule has 3 rings (SSSR count). The van der Waals surface area contributed by atoms with Crippen molar-refractivity contribution in [3.63, 3.8) is 0 Å². The number of thiophene rings is 1. The van der Waals surface area contributed by atoms with E-state index >= 15 is 0 Å². The van der Waals surface area contributed by atoms with Crippen LogP contribution in [-0.2, 0) is 7.05 Å². The molecule has 0 unspecified atom stereocenters. The molecule has 9 heteroatoms. The van der Waals surface area contributed by atoms with Gasteiger partial charge in [0.1, 0.15) is 4.34 Å². The summed E-state index contributed by atoms with van der Waals surface area (Å²) in [5.41, 5.74) is 1.03. The third-order valence-electron chi connectivity index (χ3n) is 2.94. The zero-order valence-electron chi connectivity index (χ0n) is 10.9. The quantitative estimate of drug-likeness (QED) is 0.508. The molecule has 0 aliphatic carbocycles. The van der Waals surface area contributed by atoms with Crippen LogP contribution in [0.5, 0.6) is 0 Å². The van der Waals surface area contributed by atoms with Gasteiger partial charge in [-0.1, -0.05) is 57.7 Å². The zero-order valence-corrected chi connectivity index (χ0v) is 15.5. The van der Waals surface area contributed by atoms with E-state index in [2.05, 4.69) is 4.99 Å². The highest BCUT2D eigenvalue weighted by molar-refractivity contribution is 7.20. The van der Waals surface area contributed by atoms with E-state index in [-0.39, 0.29) is 0 Å². The molecule has 22 heavy (non-hydrogen) atoms. The Morgan fingerprint density at radius 1 is 1.18 bits per heavy atom. The van der Waals surface area contributed by atoms with E-state index in [0.29, 0.717) is 29.1 Å². The maximum Gasteiger partial charge on any atom is 0.282 e. The van der Waals surface area contributed by atoms with E-state index in [4.69, 9.17) is 46.4 Å². The predicted octanol–water partition coefficient (Wildman–Crippen LogP) is 5.66. The SMILES string of the molecule is Cn1c(=NC(=O)c2cc(Cl)sc2Cl)sc2ccc(Cl)c(Cl)c21. The lowest BCUT2D eigenvalue weighted by Gasteiger charge is -2.00. The molecule has 0 N–H and O–H groups in total. The van der Waals surface area contributed by atoms with Crippen molar-refractivity contribution >= 4 is 85.2 Å². The molecule has 0 aliphatic rings. The number of thiazole rings is 1. The van der Waals surface area contributed by atoms with Gasteiger partial charge in [-0.05, 0) is 18.2 Å². The molecule has 0 spiro atoms. The third kappa shape index (κ3) is 2.82. The number of benzene rings is 1. The topological polar surface area (TPSA) is 34.4 Å². The number of rotatable bonds is 1. The second-order valence-corrected chi connectivity index (χ2v) is 8.39. The average Bonchev–Trinajstić information content (AvgIpc) is 2.95. The van der Waals surface area contributed by atoms with Gasteiger partial charge in [0.15, 0.2) is 4.80 Å². The Balaban J connectivity index is 2.18. The molecule has 114 valence electrons. The average molecular weight is 412 g/mol. The number of fused-ring (bicyclic) bond motifs is 1. The van der Waals surface area contributed by atoms with Crippen LogP contribution in [0.4, 0.5) is 0 Å². The number of aromatic nitrogens is 1. The van der Waals surface area contributed by atoms with Crippen molar-refractivity contribution in [1.82, 2.24) is 4.57 Å². The molecule has 1 aromatic carbocycles. The van der Waals surface area contributed by atoms with E-state index in [1.807, 2.05) is 6.07 Å². The number of amides is 1. The van der Waals surface area contributed by atoms with Gasteiger partial charge in [-0.15, -0.1) is 11.3 Å². The highest BCUT2D eigenvalue weighted by Gasteiger charge is 2.15. The first-order valence-electron chi connectivity index (χ1n) is 5.86. The molecule has 0 bridgehead atoms. The minimum atomic E-state index is -0.447. The maximum atomic E-state index is 12.3. The maximum absolute atomic E-state index is 12.3. The van der Waals surface area contributed by atoms with Gasteiger partial charge in [-0.2, -0.15) is 4.99 Å². The van der Waals surface area contributed by atoms with Crippen molar-refractivity contribution in [3.8, 4) is 0 Å². The Morgan fingerprint density at radius 2 is 1.91 bits per heavy atom. The number of carbonyl (C=O) groups excluding carboxylic acids is 1. The number of hydrogen-bond donors (Lipinski definition) is 0. The number of aryl methyl sites for hydroxylation is 1. The first-order valence-corrected chi connectivity index (χ1v) is 9.00. The Morgan fingerprint density at radius 3 is 2.55 bits per heavy atom. The fourth-order valence-corrected chi connectivity index (χ4v) is 4.88. The summed E-state index contributed by atoms with van der Waals surface area (Å²) in [6.45, 7) is 0. The molecule has 2 aromatic heterocycles. The lowest BCUT2D eigenvalue weighted by molar-refractivity contribution is 0.0998. The monoisotopic (exact) mass is 410 g/mol. The number of nitrogens with zero attached hydrogens (tertiary/aromatic N) is 2. The van der Waals surface area contributed by atoms with Crippen molar-refractivity contribution in [1.29, 1.82) is 0 Å². The largest absolute Gasteiger partial charge is 0.318 e. The van der Waals surface area contributed by atoms with Gasteiger partial charge in [-0.25, -0.2) is 0 Å². The van der Waals surface area contributed by atoms with Crippen LogP contribution in [0.1, 0.15) is 10.4 Å². The van der Waals surface area contributed by atoms with E-state index in [1.165, 1.54) is 17.4 Å². The normalized spacial score (nSPS) is 12.3. The number of carbonyl (C=O) groups is 1. The van der Waals surface area contributed by atoms with Crippen LogP contribution < -0.4 is 4.80 Å². The van der Waals surface area contributed by atoms with Crippen molar-refractivity contribution in [2.24, 2.45) is 12.0 Å². The van der Waals surface area contributed by atoms with E-state index in [0.717, 1.165) is 21.6 Å². The first kappa shape index (κ1) is 16.3. The molecule has 0 fully saturated rings. The minimum absolute atomic E-state index is 0.290. The Kier molecular flexibility index (Phi) is 4.56. The summed E-state index contributed by atoms with van der Waals surface area (Å²) in [4.78, 5) is 16.9. The van der Waals surface area contributed by atoms with Gasteiger partial charge >= 0.3 is 0 Å². The van der Waals surface area contributed by atoms with Crippen LogP contribution in [0.3, 0.4) is 0 Å². The Hall–Kier alpha value is -0.560. The summed E-state index contributed by atoms with van der Waals surface area (Å²) >= 11 is 26.5.